The second-order valence-electron chi connectivity index (χ2n) is 3.50. The lowest BCUT2D eigenvalue weighted by molar-refractivity contribution is 0.434. The highest BCUT2D eigenvalue weighted by Gasteiger charge is 2.22. The van der Waals surface area contributed by atoms with Crippen molar-refractivity contribution in [2.24, 2.45) is 0 Å². The molecule has 0 aliphatic carbocycles. The van der Waals surface area contributed by atoms with E-state index in [2.05, 4.69) is 0 Å². The van der Waals surface area contributed by atoms with E-state index in [4.69, 9.17) is 21.0 Å². The van der Waals surface area contributed by atoms with Crippen molar-refractivity contribution in [3.63, 3.8) is 0 Å². The van der Waals surface area contributed by atoms with Gasteiger partial charge in [0.05, 0.1) is 10.4 Å². The maximum Gasteiger partial charge on any atom is 0.171 e. The molecule has 0 aliphatic heterocycles. The molecule has 0 saturated heterocycles. The zero-order chi connectivity index (χ0) is 16.2. The summed E-state index contributed by atoms with van der Waals surface area (Å²) in [6.07, 6.45) is 0. The molecule has 0 atom stereocenters. The molecule has 102 valence electrons. The number of halogens is 4. The third kappa shape index (κ3) is 2.39. The second-order valence-corrected chi connectivity index (χ2v) is 3.50. The van der Waals surface area contributed by atoms with Crippen LogP contribution in [0.3, 0.4) is 0 Å². The van der Waals surface area contributed by atoms with Gasteiger partial charge in [-0.15, -0.1) is 0 Å². The van der Waals surface area contributed by atoms with Crippen molar-refractivity contribution >= 4 is 11.1 Å². The Labute approximate surface area is 115 Å². The van der Waals surface area contributed by atoms with Gasteiger partial charge in [-0.3, -0.25) is 0 Å². The molecule has 0 N–H and O–H groups in total. The lowest BCUT2D eigenvalue weighted by atomic mass is 10.0. The molecule has 0 aromatic heterocycles. The van der Waals surface area contributed by atoms with Crippen LogP contribution in [0.2, 0.25) is 0 Å². The van der Waals surface area contributed by atoms with Crippen LogP contribution in [0, 0.1) is 62.8 Å². The molecule has 1 rings (SSSR count). The van der Waals surface area contributed by atoms with E-state index in [1.54, 1.807) is 0 Å². The Bertz CT molecular complexity index is 873. The lowest BCUT2D eigenvalue weighted by Crippen LogP contribution is -2.31. The van der Waals surface area contributed by atoms with Crippen LogP contribution in [0.25, 0.3) is 11.1 Å². The van der Waals surface area contributed by atoms with E-state index in [1.165, 1.54) is 12.1 Å². The fourth-order valence-corrected chi connectivity index (χ4v) is 1.59. The number of hydrogen-bond donors (Lipinski definition) is 0. The van der Waals surface area contributed by atoms with Crippen LogP contribution >= 0.6 is 0 Å². The van der Waals surface area contributed by atoms with Gasteiger partial charge in [-0.1, -0.05) is 0 Å². The van der Waals surface area contributed by atoms with Crippen LogP contribution in [0.5, 0.6) is 0 Å². The zero-order valence-corrected chi connectivity index (χ0v) is 10.0. The standard InChI is InChI=1S/C13H2F4N4/c14-1-8-9(6(2-18)3-19)12(16)13(17)10(11(8)15)7(4-20)5-21/h1H2. The van der Waals surface area contributed by atoms with Crippen molar-refractivity contribution in [3.8, 4) is 24.3 Å². The molecule has 0 radical (unpaired) electrons. The van der Waals surface area contributed by atoms with Gasteiger partial charge in [0.15, 0.2) is 11.6 Å². The van der Waals surface area contributed by atoms with Crippen molar-refractivity contribution in [1.82, 2.24) is 0 Å². The first-order valence-corrected chi connectivity index (χ1v) is 5.08. The van der Waals surface area contributed by atoms with Crippen LogP contribution in [-0.4, -0.2) is 0 Å². The fraction of sp³-hybridized carbons (Fsp3) is 0.0769. The van der Waals surface area contributed by atoms with E-state index in [1.807, 2.05) is 0 Å². The van der Waals surface area contributed by atoms with Gasteiger partial charge in [-0.05, 0) is 0 Å². The van der Waals surface area contributed by atoms with Crippen LogP contribution in [0.15, 0.2) is 0 Å². The van der Waals surface area contributed by atoms with Crippen molar-refractivity contribution in [3.05, 3.63) is 33.5 Å². The quantitative estimate of drug-likeness (QED) is 0.568. The van der Waals surface area contributed by atoms with Crippen molar-refractivity contribution < 1.29 is 17.6 Å². The maximum atomic E-state index is 14.0. The summed E-state index contributed by atoms with van der Waals surface area (Å²) in [5.41, 5.74) is -3.23. The minimum absolute atomic E-state index is 1.03. The van der Waals surface area contributed by atoms with Crippen molar-refractivity contribution in [2.75, 3.05) is 0 Å². The van der Waals surface area contributed by atoms with E-state index < -0.39 is 51.3 Å². The highest BCUT2D eigenvalue weighted by molar-refractivity contribution is 5.75. The predicted octanol–water partition coefficient (Wildman–Crippen LogP) is 0.969. The Morgan fingerprint density at radius 3 is 1.48 bits per heavy atom. The molecular weight excluding hydrogens is 288 g/mol. The molecule has 8 heteroatoms. The molecule has 0 aliphatic rings. The average molecular weight is 290 g/mol. The Morgan fingerprint density at radius 2 is 1.10 bits per heavy atom. The number of hydrogen-bond acceptors (Lipinski definition) is 4. The number of nitrogens with zero attached hydrogens (tertiary/aromatic N) is 4. The average Bonchev–Trinajstić information content (AvgIpc) is 2.49. The van der Waals surface area contributed by atoms with Crippen LogP contribution in [0.4, 0.5) is 17.6 Å². The highest BCUT2D eigenvalue weighted by Crippen LogP contribution is 2.09. The Hall–Kier alpha value is -3.36. The predicted molar refractivity (Wildman–Crippen MR) is 59.6 cm³/mol. The van der Waals surface area contributed by atoms with Crippen LogP contribution < -0.4 is 10.4 Å². The topological polar surface area (TPSA) is 95.2 Å². The van der Waals surface area contributed by atoms with Gasteiger partial charge < -0.3 is 0 Å². The van der Waals surface area contributed by atoms with Gasteiger partial charge in [0.2, 0.25) is 0 Å². The van der Waals surface area contributed by atoms with E-state index in [-0.39, 0.29) is 0 Å². The first-order valence-electron chi connectivity index (χ1n) is 5.08. The Balaban J connectivity index is 4.40. The van der Waals surface area contributed by atoms with Gasteiger partial charge in [-0.2, -0.15) is 21.0 Å². The van der Waals surface area contributed by atoms with E-state index >= 15 is 0 Å². The second kappa shape index (κ2) is 6.19. The fourth-order valence-electron chi connectivity index (χ4n) is 1.59. The Morgan fingerprint density at radius 1 is 0.714 bits per heavy atom. The highest BCUT2D eigenvalue weighted by atomic mass is 19.2. The maximum absolute atomic E-state index is 14.0. The SMILES string of the molecule is N#CC(C#N)=c1c(F)c(F)c(=C(C#N)C#N)c(CF)c1F. The van der Waals surface area contributed by atoms with Gasteiger partial charge in [-0.25, -0.2) is 17.6 Å². The molecule has 1 aromatic carbocycles. The van der Waals surface area contributed by atoms with E-state index in [9.17, 15) is 17.6 Å². The molecule has 0 spiro atoms. The molecule has 4 nitrogen and oxygen atoms in total. The summed E-state index contributed by atoms with van der Waals surface area (Å²) in [5.74, 6) is -5.52. The number of alkyl halides is 1. The number of rotatable bonds is 1. The van der Waals surface area contributed by atoms with Gasteiger partial charge in [0, 0.05) is 5.56 Å². The number of benzene rings is 1. The van der Waals surface area contributed by atoms with Crippen LogP contribution in [0.1, 0.15) is 5.56 Å². The molecule has 0 fully saturated rings. The minimum Gasteiger partial charge on any atom is -0.246 e. The first kappa shape index (κ1) is 15.7. The minimum atomic E-state index is -1.94. The molecule has 0 saturated carbocycles. The number of nitriles is 4. The molecular formula is C13H2F4N4. The molecule has 0 amide bonds. The molecule has 0 heterocycles. The lowest BCUT2D eigenvalue weighted by Gasteiger charge is -2.05. The summed E-state index contributed by atoms with van der Waals surface area (Å²) in [6, 6.07) is 4.70. The smallest absolute Gasteiger partial charge is 0.171 e. The van der Waals surface area contributed by atoms with E-state index in [0.29, 0.717) is 0 Å². The third-order valence-corrected chi connectivity index (χ3v) is 2.50. The molecule has 0 bridgehead atoms. The summed E-state index contributed by atoms with van der Waals surface area (Å²) >= 11 is 0. The normalized spacial score (nSPS) is 8.95. The Kier molecular flexibility index (Phi) is 4.63. The largest absolute Gasteiger partial charge is 0.246 e. The third-order valence-electron chi connectivity index (χ3n) is 2.50. The van der Waals surface area contributed by atoms with Gasteiger partial charge >= 0.3 is 0 Å². The summed E-state index contributed by atoms with van der Waals surface area (Å²) in [6.45, 7) is -1.66. The first-order chi connectivity index (χ1) is 9.98. The van der Waals surface area contributed by atoms with Gasteiger partial charge in [0.25, 0.3) is 0 Å². The van der Waals surface area contributed by atoms with Crippen molar-refractivity contribution in [2.45, 2.75) is 6.67 Å². The summed E-state index contributed by atoms with van der Waals surface area (Å²) < 4.78 is 54.6. The summed E-state index contributed by atoms with van der Waals surface area (Å²) in [7, 11) is 0. The summed E-state index contributed by atoms with van der Waals surface area (Å²) in [4.78, 5) is 0. The molecule has 21 heavy (non-hydrogen) atoms. The summed E-state index contributed by atoms with van der Waals surface area (Å²) in [5, 5.41) is 31.9. The molecule has 0 unspecified atom stereocenters. The van der Waals surface area contributed by atoms with Crippen LogP contribution in [-0.2, 0) is 6.67 Å². The molecule has 1 aromatic rings. The van der Waals surface area contributed by atoms with Crippen molar-refractivity contribution in [1.29, 1.82) is 21.0 Å². The van der Waals surface area contributed by atoms with Gasteiger partial charge in [0.1, 0.15) is 47.9 Å². The van der Waals surface area contributed by atoms with E-state index in [0.717, 1.165) is 12.1 Å². The monoisotopic (exact) mass is 290 g/mol. The zero-order valence-electron chi connectivity index (χ0n) is 10.0.